The molecule has 1 aliphatic rings. The summed E-state index contributed by atoms with van der Waals surface area (Å²) in [6.07, 6.45) is -0.223. The first-order valence-electron chi connectivity index (χ1n) is 7.92. The summed E-state index contributed by atoms with van der Waals surface area (Å²) in [4.78, 5) is 27.4. The number of ether oxygens (including phenoxy) is 1. The fourth-order valence-corrected chi connectivity index (χ4v) is 3.95. The predicted molar refractivity (Wildman–Crippen MR) is 92.4 cm³/mol. The van der Waals surface area contributed by atoms with E-state index in [2.05, 4.69) is 23.7 Å². The number of thiophene rings is 1. The van der Waals surface area contributed by atoms with Gasteiger partial charge in [-0.15, -0.1) is 11.3 Å². The van der Waals surface area contributed by atoms with Crippen LogP contribution in [0.15, 0.2) is 0 Å². The van der Waals surface area contributed by atoms with Crippen molar-refractivity contribution < 1.29 is 9.53 Å². The number of amides is 1. The third kappa shape index (κ3) is 2.97. The first-order chi connectivity index (χ1) is 11.0. The van der Waals surface area contributed by atoms with Gasteiger partial charge in [0.25, 0.3) is 0 Å². The molecule has 0 saturated carbocycles. The molecular weight excluding hydrogens is 312 g/mol. The fraction of sp³-hybridized carbons (Fsp3) is 0.562. The van der Waals surface area contributed by atoms with Gasteiger partial charge >= 0.3 is 6.09 Å². The molecule has 0 aromatic carbocycles. The van der Waals surface area contributed by atoms with E-state index >= 15 is 0 Å². The number of carbonyl (C=O) groups excluding carboxylic acids is 1. The van der Waals surface area contributed by atoms with Gasteiger partial charge in [0.05, 0.1) is 12.0 Å². The van der Waals surface area contributed by atoms with E-state index in [1.165, 1.54) is 10.4 Å². The molecule has 23 heavy (non-hydrogen) atoms. The van der Waals surface area contributed by atoms with Crippen LogP contribution in [0.25, 0.3) is 10.2 Å². The molecule has 2 aromatic rings. The SMILES string of the molecule is CCOC(=O)N1CCN(c2nc(C)nc3sc(C)c(C)c23)CC1. The molecule has 0 bridgehead atoms. The summed E-state index contributed by atoms with van der Waals surface area (Å²) in [6, 6.07) is 0. The second-order valence-corrected chi connectivity index (χ2v) is 6.93. The van der Waals surface area contributed by atoms with Crippen molar-refractivity contribution in [3.63, 3.8) is 0 Å². The van der Waals surface area contributed by atoms with Crippen LogP contribution in [0.4, 0.5) is 10.6 Å². The maximum Gasteiger partial charge on any atom is 0.409 e. The van der Waals surface area contributed by atoms with Crippen molar-refractivity contribution in [1.82, 2.24) is 14.9 Å². The van der Waals surface area contributed by atoms with Gasteiger partial charge in [-0.2, -0.15) is 0 Å². The van der Waals surface area contributed by atoms with Crippen LogP contribution >= 0.6 is 11.3 Å². The van der Waals surface area contributed by atoms with Crippen LogP contribution < -0.4 is 4.90 Å². The summed E-state index contributed by atoms with van der Waals surface area (Å²) < 4.78 is 5.08. The van der Waals surface area contributed by atoms with E-state index in [1.807, 2.05) is 13.8 Å². The van der Waals surface area contributed by atoms with Crippen LogP contribution in [0.3, 0.4) is 0 Å². The molecule has 0 spiro atoms. The molecule has 3 rings (SSSR count). The van der Waals surface area contributed by atoms with Gasteiger partial charge in [0, 0.05) is 31.1 Å². The standard InChI is InChI=1S/C16H22N4O2S/c1-5-22-16(21)20-8-6-19(7-9-20)14-13-10(2)11(3)23-15(13)18-12(4)17-14/h5-9H2,1-4H3. The van der Waals surface area contributed by atoms with E-state index in [1.54, 1.807) is 16.2 Å². The van der Waals surface area contributed by atoms with Gasteiger partial charge in [-0.3, -0.25) is 0 Å². The molecule has 1 saturated heterocycles. The molecular formula is C16H22N4O2S. The van der Waals surface area contributed by atoms with Crippen LogP contribution in [0.2, 0.25) is 0 Å². The maximum absolute atomic E-state index is 11.8. The summed E-state index contributed by atoms with van der Waals surface area (Å²) in [6.45, 7) is 11.3. The van der Waals surface area contributed by atoms with Gasteiger partial charge in [-0.25, -0.2) is 14.8 Å². The topological polar surface area (TPSA) is 58.6 Å². The number of hydrogen-bond acceptors (Lipinski definition) is 6. The van der Waals surface area contributed by atoms with Gasteiger partial charge < -0.3 is 14.5 Å². The summed E-state index contributed by atoms with van der Waals surface area (Å²) in [5.41, 5.74) is 1.26. The average molecular weight is 334 g/mol. The monoisotopic (exact) mass is 334 g/mol. The Kier molecular flexibility index (Phi) is 4.39. The Balaban J connectivity index is 1.86. The first kappa shape index (κ1) is 16.0. The number of fused-ring (bicyclic) bond motifs is 1. The van der Waals surface area contributed by atoms with Crippen LogP contribution in [0.5, 0.6) is 0 Å². The number of nitrogens with zero attached hydrogens (tertiary/aromatic N) is 4. The lowest BCUT2D eigenvalue weighted by Crippen LogP contribution is -2.49. The number of piperazine rings is 1. The second kappa shape index (κ2) is 6.31. The van der Waals surface area contributed by atoms with Crippen molar-refractivity contribution in [2.45, 2.75) is 27.7 Å². The highest BCUT2D eigenvalue weighted by molar-refractivity contribution is 7.18. The first-order valence-corrected chi connectivity index (χ1v) is 8.74. The molecule has 0 aliphatic carbocycles. The fourth-order valence-electron chi connectivity index (χ4n) is 2.88. The highest BCUT2D eigenvalue weighted by atomic mass is 32.1. The number of aromatic nitrogens is 2. The minimum Gasteiger partial charge on any atom is -0.450 e. The van der Waals surface area contributed by atoms with Gasteiger partial charge in [0.15, 0.2) is 0 Å². The van der Waals surface area contributed by atoms with Crippen molar-refractivity contribution in [2.24, 2.45) is 0 Å². The van der Waals surface area contributed by atoms with Gasteiger partial charge in [0.1, 0.15) is 16.5 Å². The predicted octanol–water partition coefficient (Wildman–Crippen LogP) is 2.90. The summed E-state index contributed by atoms with van der Waals surface area (Å²) in [5.74, 6) is 1.79. The van der Waals surface area contributed by atoms with E-state index in [-0.39, 0.29) is 6.09 Å². The number of rotatable bonds is 2. The Morgan fingerprint density at radius 3 is 2.52 bits per heavy atom. The maximum atomic E-state index is 11.8. The quantitative estimate of drug-likeness (QED) is 0.845. The normalized spacial score (nSPS) is 15.3. The van der Waals surface area contributed by atoms with Crippen LogP contribution in [-0.2, 0) is 4.74 Å². The summed E-state index contributed by atoms with van der Waals surface area (Å²) in [5, 5.41) is 1.16. The zero-order valence-electron chi connectivity index (χ0n) is 14.0. The third-order valence-electron chi connectivity index (χ3n) is 4.23. The Morgan fingerprint density at radius 2 is 1.87 bits per heavy atom. The van der Waals surface area contributed by atoms with Gasteiger partial charge in [-0.1, -0.05) is 0 Å². The molecule has 2 aromatic heterocycles. The molecule has 3 heterocycles. The van der Waals surface area contributed by atoms with Gasteiger partial charge in [0.2, 0.25) is 0 Å². The van der Waals surface area contributed by atoms with Crippen molar-refractivity contribution in [2.75, 3.05) is 37.7 Å². The highest BCUT2D eigenvalue weighted by Gasteiger charge is 2.25. The number of carbonyl (C=O) groups is 1. The third-order valence-corrected chi connectivity index (χ3v) is 5.33. The number of hydrogen-bond donors (Lipinski definition) is 0. The smallest absolute Gasteiger partial charge is 0.409 e. The Bertz CT molecular complexity index is 735. The number of aryl methyl sites for hydroxylation is 3. The van der Waals surface area contributed by atoms with E-state index in [9.17, 15) is 4.79 Å². The molecule has 1 fully saturated rings. The van der Waals surface area contributed by atoms with Crippen LogP contribution in [0, 0.1) is 20.8 Å². The summed E-state index contributed by atoms with van der Waals surface area (Å²) >= 11 is 1.72. The van der Waals surface area contributed by atoms with E-state index < -0.39 is 0 Å². The van der Waals surface area contributed by atoms with Crippen molar-refractivity contribution in [3.05, 3.63) is 16.3 Å². The molecule has 1 amide bonds. The zero-order chi connectivity index (χ0) is 16.6. The summed E-state index contributed by atoms with van der Waals surface area (Å²) in [7, 11) is 0. The van der Waals surface area contributed by atoms with Crippen molar-refractivity contribution in [1.29, 1.82) is 0 Å². The highest BCUT2D eigenvalue weighted by Crippen LogP contribution is 2.35. The molecule has 1 aliphatic heterocycles. The molecule has 0 atom stereocenters. The lowest BCUT2D eigenvalue weighted by atomic mass is 10.2. The molecule has 124 valence electrons. The van der Waals surface area contributed by atoms with Crippen molar-refractivity contribution >= 4 is 33.5 Å². The lowest BCUT2D eigenvalue weighted by Gasteiger charge is -2.35. The zero-order valence-corrected chi connectivity index (χ0v) is 14.9. The molecule has 0 N–H and O–H groups in total. The van der Waals surface area contributed by atoms with Crippen LogP contribution in [-0.4, -0.2) is 53.7 Å². The van der Waals surface area contributed by atoms with E-state index in [0.29, 0.717) is 19.7 Å². The minimum atomic E-state index is -0.223. The Labute approximate surface area is 140 Å². The average Bonchev–Trinajstić information content (AvgIpc) is 2.81. The molecule has 0 unspecified atom stereocenters. The molecule has 0 radical (unpaired) electrons. The Hall–Kier alpha value is -1.89. The number of anilines is 1. The second-order valence-electron chi connectivity index (χ2n) is 5.73. The van der Waals surface area contributed by atoms with E-state index in [4.69, 9.17) is 9.72 Å². The molecule has 6 nitrogen and oxygen atoms in total. The van der Waals surface area contributed by atoms with E-state index in [0.717, 1.165) is 34.9 Å². The largest absolute Gasteiger partial charge is 0.450 e. The minimum absolute atomic E-state index is 0.223. The van der Waals surface area contributed by atoms with Gasteiger partial charge in [-0.05, 0) is 33.3 Å². The molecule has 7 heteroatoms. The lowest BCUT2D eigenvalue weighted by molar-refractivity contribution is 0.105. The Morgan fingerprint density at radius 1 is 1.17 bits per heavy atom. The van der Waals surface area contributed by atoms with Crippen LogP contribution in [0.1, 0.15) is 23.2 Å². The van der Waals surface area contributed by atoms with Crippen molar-refractivity contribution in [3.8, 4) is 0 Å².